The lowest BCUT2D eigenvalue weighted by molar-refractivity contribution is -0.384. The minimum Gasteiger partial charge on any atom is -0.306 e. The molecule has 0 bridgehead atoms. The largest absolute Gasteiger partial charge is 0.306 e. The smallest absolute Gasteiger partial charge is 0.270 e. The number of nitrogens with one attached hydrogen (secondary N) is 1. The number of benzene rings is 2. The Morgan fingerprint density at radius 2 is 1.79 bits per heavy atom. The van der Waals surface area contributed by atoms with E-state index >= 15 is 0 Å². The van der Waals surface area contributed by atoms with Gasteiger partial charge in [0, 0.05) is 29.3 Å². The molecule has 0 spiro atoms. The molecule has 1 aromatic heterocycles. The van der Waals surface area contributed by atoms with E-state index in [1.807, 2.05) is 24.4 Å². The van der Waals surface area contributed by atoms with Gasteiger partial charge >= 0.3 is 0 Å². The Morgan fingerprint density at radius 1 is 1.11 bits per heavy atom. The van der Waals surface area contributed by atoms with Crippen molar-refractivity contribution in [3.05, 3.63) is 76.0 Å². The molecule has 1 aliphatic heterocycles. The minimum atomic E-state index is -0.477. The molecule has 4 rings (SSSR count). The van der Waals surface area contributed by atoms with Gasteiger partial charge in [0.1, 0.15) is 0 Å². The second-order valence-corrected chi connectivity index (χ2v) is 7.29. The van der Waals surface area contributed by atoms with Gasteiger partial charge in [0.25, 0.3) is 11.6 Å². The van der Waals surface area contributed by atoms with Crippen LogP contribution < -0.4 is 5.43 Å². The summed E-state index contributed by atoms with van der Waals surface area (Å²) in [5.74, 6) is 0.171. The molecule has 0 saturated carbocycles. The molecule has 0 atom stereocenters. The zero-order chi connectivity index (χ0) is 19.7. The minimum absolute atomic E-state index is 0.0347. The van der Waals surface area contributed by atoms with E-state index in [0.29, 0.717) is 11.5 Å². The third-order valence-corrected chi connectivity index (χ3v) is 5.46. The standard InChI is InChI=1S/C21H22N4O3/c1-23-12-10-15(11-13-23)19-14-24(20-5-3-2-4-18(19)20)22-21(26)16-6-8-17(9-7-16)25(27)28/h2-9,14-15H,10-13H2,1H3,(H,22,26). The van der Waals surface area contributed by atoms with Crippen LogP contribution in [0.2, 0.25) is 0 Å². The molecule has 1 aliphatic rings. The van der Waals surface area contributed by atoms with Gasteiger partial charge in [0.2, 0.25) is 0 Å². The number of nitro benzene ring substituents is 1. The highest BCUT2D eigenvalue weighted by atomic mass is 16.6. The number of para-hydroxylation sites is 1. The van der Waals surface area contributed by atoms with Crippen LogP contribution in [0.25, 0.3) is 10.9 Å². The predicted molar refractivity (Wildman–Crippen MR) is 108 cm³/mol. The van der Waals surface area contributed by atoms with E-state index in [0.717, 1.165) is 36.8 Å². The fourth-order valence-corrected chi connectivity index (χ4v) is 3.85. The van der Waals surface area contributed by atoms with Gasteiger partial charge in [-0.2, -0.15) is 0 Å². The van der Waals surface area contributed by atoms with E-state index in [1.54, 1.807) is 4.68 Å². The van der Waals surface area contributed by atoms with E-state index in [9.17, 15) is 14.9 Å². The lowest BCUT2D eigenvalue weighted by atomic mass is 9.89. The lowest BCUT2D eigenvalue weighted by Gasteiger charge is -2.28. The van der Waals surface area contributed by atoms with Gasteiger partial charge in [0.05, 0.1) is 10.4 Å². The molecule has 0 radical (unpaired) electrons. The molecular formula is C21H22N4O3. The highest BCUT2D eigenvalue weighted by molar-refractivity contribution is 6.01. The van der Waals surface area contributed by atoms with Gasteiger partial charge in [-0.3, -0.25) is 25.0 Å². The van der Waals surface area contributed by atoms with Crippen LogP contribution in [0.3, 0.4) is 0 Å². The lowest BCUT2D eigenvalue weighted by Crippen LogP contribution is -2.29. The fourth-order valence-electron chi connectivity index (χ4n) is 3.85. The van der Waals surface area contributed by atoms with Crippen LogP contribution in [0.1, 0.15) is 34.7 Å². The van der Waals surface area contributed by atoms with E-state index in [1.165, 1.54) is 29.8 Å². The first-order valence-electron chi connectivity index (χ1n) is 9.37. The number of amides is 1. The number of hydrogen-bond acceptors (Lipinski definition) is 4. The molecule has 3 aromatic rings. The van der Waals surface area contributed by atoms with Crippen LogP contribution in [0.15, 0.2) is 54.7 Å². The average molecular weight is 378 g/mol. The van der Waals surface area contributed by atoms with Crippen LogP contribution in [0.5, 0.6) is 0 Å². The number of nitrogens with zero attached hydrogens (tertiary/aromatic N) is 3. The van der Waals surface area contributed by atoms with Gasteiger partial charge in [0.15, 0.2) is 0 Å². The Labute approximate surface area is 162 Å². The second kappa shape index (κ2) is 7.44. The van der Waals surface area contributed by atoms with Gasteiger partial charge < -0.3 is 4.90 Å². The number of carbonyl (C=O) groups excluding carboxylic acids is 1. The maximum atomic E-state index is 12.7. The van der Waals surface area contributed by atoms with Crippen molar-refractivity contribution in [2.24, 2.45) is 0 Å². The van der Waals surface area contributed by atoms with Crippen molar-refractivity contribution in [1.29, 1.82) is 0 Å². The van der Waals surface area contributed by atoms with Crippen molar-refractivity contribution in [1.82, 2.24) is 9.58 Å². The summed E-state index contributed by atoms with van der Waals surface area (Å²) in [5, 5.41) is 11.9. The first kappa shape index (κ1) is 18.2. The van der Waals surface area contributed by atoms with Gasteiger partial charge in [-0.05, 0) is 62.7 Å². The number of non-ortho nitro benzene ring substituents is 1. The van der Waals surface area contributed by atoms with Gasteiger partial charge in [-0.1, -0.05) is 18.2 Å². The molecule has 1 fully saturated rings. The molecule has 0 aliphatic carbocycles. The first-order chi connectivity index (χ1) is 13.5. The van der Waals surface area contributed by atoms with Crippen molar-refractivity contribution in [3.63, 3.8) is 0 Å². The van der Waals surface area contributed by atoms with Crippen LogP contribution in [-0.4, -0.2) is 40.5 Å². The summed E-state index contributed by atoms with van der Waals surface area (Å²) in [4.78, 5) is 25.3. The second-order valence-electron chi connectivity index (χ2n) is 7.29. The summed E-state index contributed by atoms with van der Waals surface area (Å²) in [6, 6.07) is 13.7. The van der Waals surface area contributed by atoms with Crippen molar-refractivity contribution in [2.45, 2.75) is 18.8 Å². The zero-order valence-corrected chi connectivity index (χ0v) is 15.7. The van der Waals surface area contributed by atoms with E-state index in [4.69, 9.17) is 0 Å². The number of nitro groups is 1. The molecule has 2 aromatic carbocycles. The summed E-state index contributed by atoms with van der Waals surface area (Å²) in [6.07, 6.45) is 4.21. The Morgan fingerprint density at radius 3 is 2.46 bits per heavy atom. The van der Waals surface area contributed by atoms with Crippen molar-refractivity contribution in [2.75, 3.05) is 25.6 Å². The quantitative estimate of drug-likeness (QED) is 0.554. The highest BCUT2D eigenvalue weighted by Crippen LogP contribution is 2.33. The monoisotopic (exact) mass is 378 g/mol. The molecule has 1 amide bonds. The third-order valence-electron chi connectivity index (χ3n) is 5.46. The SMILES string of the molecule is CN1CCC(c2cn(NC(=O)c3ccc([N+](=O)[O-])cc3)c3ccccc23)CC1. The topological polar surface area (TPSA) is 80.4 Å². The van der Waals surface area contributed by atoms with Crippen molar-refractivity contribution >= 4 is 22.5 Å². The zero-order valence-electron chi connectivity index (χ0n) is 15.7. The Bertz CT molecular complexity index is 1020. The molecule has 144 valence electrons. The molecule has 1 N–H and O–H groups in total. The van der Waals surface area contributed by atoms with Crippen LogP contribution in [0, 0.1) is 10.1 Å². The summed E-state index contributed by atoms with van der Waals surface area (Å²) in [6.45, 7) is 2.14. The maximum Gasteiger partial charge on any atom is 0.270 e. The molecule has 7 nitrogen and oxygen atoms in total. The van der Waals surface area contributed by atoms with Gasteiger partial charge in [-0.15, -0.1) is 0 Å². The Balaban J connectivity index is 1.61. The molecule has 1 saturated heterocycles. The summed E-state index contributed by atoms with van der Waals surface area (Å²) < 4.78 is 1.77. The number of hydrogen-bond donors (Lipinski definition) is 1. The predicted octanol–water partition coefficient (Wildman–Crippen LogP) is 3.74. The Kier molecular flexibility index (Phi) is 4.83. The maximum absolute atomic E-state index is 12.7. The average Bonchev–Trinajstić information content (AvgIpc) is 3.07. The van der Waals surface area contributed by atoms with Crippen LogP contribution >= 0.6 is 0 Å². The van der Waals surface area contributed by atoms with Crippen molar-refractivity contribution in [3.8, 4) is 0 Å². The number of carbonyl (C=O) groups is 1. The summed E-state index contributed by atoms with van der Waals surface area (Å²) in [7, 11) is 2.14. The number of piperidine rings is 1. The first-order valence-corrected chi connectivity index (χ1v) is 9.37. The molecule has 28 heavy (non-hydrogen) atoms. The summed E-state index contributed by atoms with van der Waals surface area (Å²) in [5.41, 5.74) is 5.47. The summed E-state index contributed by atoms with van der Waals surface area (Å²) >= 11 is 0. The normalized spacial score (nSPS) is 15.6. The molecule has 2 heterocycles. The number of rotatable bonds is 4. The fraction of sp³-hybridized carbons (Fsp3) is 0.286. The van der Waals surface area contributed by atoms with Crippen LogP contribution in [0.4, 0.5) is 5.69 Å². The van der Waals surface area contributed by atoms with E-state index < -0.39 is 4.92 Å². The Hall–Kier alpha value is -3.19. The number of aromatic nitrogens is 1. The van der Waals surface area contributed by atoms with Gasteiger partial charge in [-0.25, -0.2) is 0 Å². The van der Waals surface area contributed by atoms with Crippen LogP contribution in [-0.2, 0) is 0 Å². The molecular weight excluding hydrogens is 356 g/mol. The molecule has 7 heteroatoms. The molecule has 0 unspecified atom stereocenters. The van der Waals surface area contributed by atoms with E-state index in [2.05, 4.69) is 23.4 Å². The third kappa shape index (κ3) is 3.48. The number of fused-ring (bicyclic) bond motifs is 1. The number of likely N-dealkylation sites (tertiary alicyclic amines) is 1. The van der Waals surface area contributed by atoms with Crippen molar-refractivity contribution < 1.29 is 9.72 Å². The van der Waals surface area contributed by atoms with E-state index in [-0.39, 0.29) is 11.6 Å². The highest BCUT2D eigenvalue weighted by Gasteiger charge is 2.22.